The van der Waals surface area contributed by atoms with Crippen LogP contribution in [0.25, 0.3) is 5.69 Å². The van der Waals surface area contributed by atoms with Crippen molar-refractivity contribution >= 4 is 5.96 Å². The molecule has 1 aromatic heterocycles. The number of nitrogens with zero attached hydrogens (tertiary/aromatic N) is 3. The fourth-order valence-electron chi connectivity index (χ4n) is 2.37. The van der Waals surface area contributed by atoms with Gasteiger partial charge in [-0.1, -0.05) is 12.1 Å². The first-order valence-electron chi connectivity index (χ1n) is 9.02. The summed E-state index contributed by atoms with van der Waals surface area (Å²) in [5.41, 5.74) is 2.22. The first kappa shape index (κ1) is 19.0. The second kappa shape index (κ2) is 11.3. The third-order valence-corrected chi connectivity index (χ3v) is 3.68. The summed E-state index contributed by atoms with van der Waals surface area (Å²) in [6.07, 6.45) is 5.85. The van der Waals surface area contributed by atoms with Crippen molar-refractivity contribution < 1.29 is 4.74 Å². The second-order valence-electron chi connectivity index (χ2n) is 5.64. The summed E-state index contributed by atoms with van der Waals surface area (Å²) in [6.45, 7) is 8.11. The van der Waals surface area contributed by atoms with Crippen LogP contribution >= 0.6 is 0 Å². The van der Waals surface area contributed by atoms with Crippen LogP contribution in [0.3, 0.4) is 0 Å². The molecule has 1 heterocycles. The molecule has 0 bridgehead atoms. The van der Waals surface area contributed by atoms with Crippen molar-refractivity contribution in [1.82, 2.24) is 20.4 Å². The SMILES string of the molecule is CCNC(=NCc1ccc(-n2cccn2)cc1)NCCCCOCC. The van der Waals surface area contributed by atoms with E-state index in [1.165, 1.54) is 5.56 Å². The Morgan fingerprint density at radius 2 is 2.00 bits per heavy atom. The van der Waals surface area contributed by atoms with E-state index in [9.17, 15) is 0 Å². The van der Waals surface area contributed by atoms with Gasteiger partial charge in [-0.3, -0.25) is 0 Å². The van der Waals surface area contributed by atoms with Crippen LogP contribution < -0.4 is 10.6 Å². The Kier molecular flexibility index (Phi) is 8.55. The highest BCUT2D eigenvalue weighted by Gasteiger charge is 1.99. The maximum atomic E-state index is 5.35. The van der Waals surface area contributed by atoms with Gasteiger partial charge in [0.05, 0.1) is 12.2 Å². The molecule has 2 aromatic rings. The average molecular weight is 343 g/mol. The topological polar surface area (TPSA) is 63.5 Å². The number of hydrogen-bond donors (Lipinski definition) is 2. The molecule has 25 heavy (non-hydrogen) atoms. The molecule has 0 aliphatic rings. The van der Waals surface area contributed by atoms with Gasteiger partial charge in [0.15, 0.2) is 5.96 Å². The molecule has 6 nitrogen and oxygen atoms in total. The molecule has 0 saturated heterocycles. The Morgan fingerprint density at radius 1 is 1.16 bits per heavy atom. The highest BCUT2D eigenvalue weighted by atomic mass is 16.5. The molecule has 0 amide bonds. The Hall–Kier alpha value is -2.34. The molecule has 0 unspecified atom stereocenters. The van der Waals surface area contributed by atoms with E-state index in [2.05, 4.69) is 51.9 Å². The van der Waals surface area contributed by atoms with Crippen molar-refractivity contribution in [2.24, 2.45) is 4.99 Å². The standard InChI is InChI=1S/C19H29N5O/c1-3-20-19(21-12-5-6-15-25-4-2)22-16-17-8-10-18(11-9-17)24-14-7-13-23-24/h7-11,13-14H,3-6,12,15-16H2,1-2H3,(H2,20,21,22). The lowest BCUT2D eigenvalue weighted by Gasteiger charge is -2.11. The van der Waals surface area contributed by atoms with Gasteiger partial charge in [-0.05, 0) is 50.5 Å². The summed E-state index contributed by atoms with van der Waals surface area (Å²) in [4.78, 5) is 4.65. The molecule has 6 heteroatoms. The molecule has 0 saturated carbocycles. The molecule has 0 atom stereocenters. The molecule has 2 rings (SSSR count). The zero-order valence-corrected chi connectivity index (χ0v) is 15.2. The third kappa shape index (κ3) is 6.97. The van der Waals surface area contributed by atoms with Crippen molar-refractivity contribution in [3.05, 3.63) is 48.3 Å². The third-order valence-electron chi connectivity index (χ3n) is 3.68. The molecule has 2 N–H and O–H groups in total. The molecular formula is C19H29N5O. The summed E-state index contributed by atoms with van der Waals surface area (Å²) in [7, 11) is 0. The van der Waals surface area contributed by atoms with E-state index in [-0.39, 0.29) is 0 Å². The van der Waals surface area contributed by atoms with E-state index in [4.69, 9.17) is 4.74 Å². The van der Waals surface area contributed by atoms with Crippen molar-refractivity contribution in [2.75, 3.05) is 26.3 Å². The Morgan fingerprint density at radius 3 is 2.68 bits per heavy atom. The Bertz CT molecular complexity index is 607. The van der Waals surface area contributed by atoms with Crippen LogP contribution in [0.15, 0.2) is 47.7 Å². The first-order valence-corrected chi connectivity index (χ1v) is 9.02. The quantitative estimate of drug-likeness (QED) is 0.396. The lowest BCUT2D eigenvalue weighted by molar-refractivity contribution is 0.143. The molecule has 0 aliphatic heterocycles. The zero-order valence-electron chi connectivity index (χ0n) is 15.2. The number of aromatic nitrogens is 2. The summed E-state index contributed by atoms with van der Waals surface area (Å²) in [6, 6.07) is 10.2. The van der Waals surface area contributed by atoms with Crippen LogP contribution in [0.5, 0.6) is 0 Å². The minimum absolute atomic E-state index is 0.646. The minimum Gasteiger partial charge on any atom is -0.382 e. The number of aliphatic imine (C=N–C) groups is 1. The van der Waals surface area contributed by atoms with Crippen molar-refractivity contribution in [3.63, 3.8) is 0 Å². The predicted octanol–water partition coefficient (Wildman–Crippen LogP) is 2.74. The molecule has 0 spiro atoms. The number of guanidine groups is 1. The van der Waals surface area contributed by atoms with Gasteiger partial charge >= 0.3 is 0 Å². The van der Waals surface area contributed by atoms with E-state index in [0.29, 0.717) is 6.54 Å². The molecule has 136 valence electrons. The lowest BCUT2D eigenvalue weighted by atomic mass is 10.2. The van der Waals surface area contributed by atoms with Crippen LogP contribution in [-0.4, -0.2) is 42.0 Å². The van der Waals surface area contributed by atoms with Gasteiger partial charge in [0.25, 0.3) is 0 Å². The van der Waals surface area contributed by atoms with Crippen molar-refractivity contribution in [1.29, 1.82) is 0 Å². The summed E-state index contributed by atoms with van der Waals surface area (Å²) >= 11 is 0. The average Bonchev–Trinajstić information content (AvgIpc) is 3.17. The normalized spacial score (nSPS) is 11.5. The van der Waals surface area contributed by atoms with Gasteiger partial charge in [-0.2, -0.15) is 5.10 Å². The van der Waals surface area contributed by atoms with Crippen LogP contribution in [0.1, 0.15) is 32.3 Å². The monoisotopic (exact) mass is 343 g/mol. The van der Waals surface area contributed by atoms with Gasteiger partial charge in [-0.15, -0.1) is 0 Å². The predicted molar refractivity (Wildman–Crippen MR) is 102 cm³/mol. The number of benzene rings is 1. The summed E-state index contributed by atoms with van der Waals surface area (Å²) in [5.74, 6) is 0.857. The number of unbranched alkanes of at least 4 members (excludes halogenated alkanes) is 1. The fraction of sp³-hybridized carbons (Fsp3) is 0.474. The van der Waals surface area contributed by atoms with Crippen molar-refractivity contribution in [3.8, 4) is 5.69 Å². The van der Waals surface area contributed by atoms with E-state index in [1.807, 2.05) is 23.9 Å². The molecule has 1 aromatic carbocycles. The Balaban J connectivity index is 1.81. The fourth-order valence-corrected chi connectivity index (χ4v) is 2.37. The van der Waals surface area contributed by atoms with Gasteiger partial charge < -0.3 is 15.4 Å². The summed E-state index contributed by atoms with van der Waals surface area (Å²) < 4.78 is 7.20. The van der Waals surface area contributed by atoms with Crippen LogP contribution in [0.4, 0.5) is 0 Å². The van der Waals surface area contributed by atoms with E-state index < -0.39 is 0 Å². The van der Waals surface area contributed by atoms with E-state index >= 15 is 0 Å². The Labute approximate surface area is 150 Å². The lowest BCUT2D eigenvalue weighted by Crippen LogP contribution is -2.37. The van der Waals surface area contributed by atoms with Gasteiger partial charge in [0.1, 0.15) is 0 Å². The maximum Gasteiger partial charge on any atom is 0.191 e. The van der Waals surface area contributed by atoms with Gasteiger partial charge in [0, 0.05) is 38.7 Å². The van der Waals surface area contributed by atoms with Crippen LogP contribution in [0.2, 0.25) is 0 Å². The molecular weight excluding hydrogens is 314 g/mol. The smallest absolute Gasteiger partial charge is 0.191 e. The molecule has 0 fully saturated rings. The number of rotatable bonds is 10. The first-order chi connectivity index (χ1) is 12.3. The summed E-state index contributed by atoms with van der Waals surface area (Å²) in [5, 5.41) is 10.9. The highest BCUT2D eigenvalue weighted by molar-refractivity contribution is 5.79. The number of hydrogen-bond acceptors (Lipinski definition) is 3. The number of ether oxygens (including phenoxy) is 1. The maximum absolute atomic E-state index is 5.35. The molecule has 0 aliphatic carbocycles. The van der Waals surface area contributed by atoms with Crippen LogP contribution in [0, 0.1) is 0 Å². The van der Waals surface area contributed by atoms with Crippen molar-refractivity contribution in [2.45, 2.75) is 33.2 Å². The highest BCUT2D eigenvalue weighted by Crippen LogP contribution is 2.09. The number of nitrogens with one attached hydrogen (secondary N) is 2. The zero-order chi connectivity index (χ0) is 17.7. The van der Waals surface area contributed by atoms with E-state index in [1.54, 1.807) is 6.20 Å². The van der Waals surface area contributed by atoms with Crippen LogP contribution in [-0.2, 0) is 11.3 Å². The largest absolute Gasteiger partial charge is 0.382 e. The van der Waals surface area contributed by atoms with Gasteiger partial charge in [-0.25, -0.2) is 9.67 Å². The minimum atomic E-state index is 0.646. The molecule has 0 radical (unpaired) electrons. The van der Waals surface area contributed by atoms with Gasteiger partial charge in [0.2, 0.25) is 0 Å². The van der Waals surface area contributed by atoms with E-state index in [0.717, 1.165) is 50.8 Å². The second-order valence-corrected chi connectivity index (χ2v) is 5.64.